The number of esters is 1. The van der Waals surface area contributed by atoms with Crippen molar-refractivity contribution in [3.63, 3.8) is 0 Å². The third-order valence-corrected chi connectivity index (χ3v) is 15.6. The number of ether oxygens (including phenoxy) is 7. The predicted molar refractivity (Wildman–Crippen MR) is 308 cm³/mol. The number of primary amides is 1. The number of amides is 5. The number of fused-ring (bicyclic) bond motifs is 5. The van der Waals surface area contributed by atoms with Crippen LogP contribution in [0.4, 0.5) is 29.7 Å². The highest BCUT2D eigenvalue weighted by Crippen LogP contribution is 2.50. The van der Waals surface area contributed by atoms with Gasteiger partial charge < -0.3 is 64.8 Å². The fourth-order valence-electron chi connectivity index (χ4n) is 10.1. The number of hydrogen-bond donors (Lipinski definition) is 6. The Morgan fingerprint density at radius 2 is 1.72 bits per heavy atom. The van der Waals surface area contributed by atoms with Gasteiger partial charge >= 0.3 is 18.1 Å². The summed E-state index contributed by atoms with van der Waals surface area (Å²) in [6.45, 7) is 11.9. The quantitative estimate of drug-likeness (QED) is 0.0266. The smallest absolute Gasteiger partial charge is 0.412 e. The van der Waals surface area contributed by atoms with Gasteiger partial charge in [-0.2, -0.15) is 0 Å². The monoisotopic (exact) mass is 1200 g/mol. The molecule has 0 unspecified atom stereocenters. The Bertz CT molecular complexity index is 2750. The van der Waals surface area contributed by atoms with Gasteiger partial charge in [0.2, 0.25) is 11.8 Å². The first-order valence-electron chi connectivity index (χ1n) is 27.5. The van der Waals surface area contributed by atoms with Crippen molar-refractivity contribution in [2.45, 2.75) is 141 Å². The molecule has 0 radical (unpaired) electrons. The molecule has 3 aliphatic heterocycles. The van der Waals surface area contributed by atoms with E-state index in [4.69, 9.17) is 62.7 Å². The van der Waals surface area contributed by atoms with E-state index in [0.29, 0.717) is 55.8 Å². The number of thiocarbonyl (C=S) groups is 1. The molecule has 3 heterocycles. The zero-order valence-corrected chi connectivity index (χ0v) is 50.1. The fraction of sp³-hybridized carbons (Fsp3) is 0.586. The van der Waals surface area contributed by atoms with E-state index in [1.807, 2.05) is 13.0 Å². The molecule has 0 saturated carbocycles. The van der Waals surface area contributed by atoms with E-state index in [-0.39, 0.29) is 73.4 Å². The molecule has 0 aromatic heterocycles. The Balaban J connectivity index is 1.34. The summed E-state index contributed by atoms with van der Waals surface area (Å²) in [6, 6.07) is 2.78. The highest BCUT2D eigenvalue weighted by Gasteiger charge is 2.64. The number of halogens is 3. The molecule has 4 bridgehead atoms. The molecule has 83 heavy (non-hydrogen) atoms. The average molecular weight is 1210 g/mol. The van der Waals surface area contributed by atoms with E-state index in [2.05, 4.69) is 21.3 Å². The number of nitrogens with one attached hydrogen (secondary N) is 4. The average Bonchev–Trinajstić information content (AvgIpc) is 1.82. The molecule has 5 amide bonds. The number of nitrogens with zero attached hydrogens (tertiary/aromatic N) is 1. The van der Waals surface area contributed by atoms with Crippen molar-refractivity contribution in [2.75, 3.05) is 71.0 Å². The lowest BCUT2D eigenvalue weighted by molar-refractivity contribution is -0.187. The molecule has 2 aromatic rings. The number of anilines is 2. The second kappa shape index (κ2) is 31.1. The molecule has 3 aliphatic rings. The van der Waals surface area contributed by atoms with E-state index in [9.17, 15) is 38.7 Å². The van der Waals surface area contributed by atoms with Gasteiger partial charge in [0.1, 0.15) is 57.7 Å². The Labute approximate surface area is 493 Å². The van der Waals surface area contributed by atoms with Gasteiger partial charge in [-0.1, -0.05) is 68.4 Å². The second-order valence-electron chi connectivity index (χ2n) is 21.8. The number of epoxide rings is 1. The number of benzene rings is 2. The highest BCUT2D eigenvalue weighted by atomic mass is 35.5. The van der Waals surface area contributed by atoms with E-state index in [1.165, 1.54) is 33.1 Å². The number of ketones is 2. The summed E-state index contributed by atoms with van der Waals surface area (Å²) in [7, 11) is 4.32. The van der Waals surface area contributed by atoms with Crippen LogP contribution < -0.4 is 36.6 Å². The number of carbonyl (C=O) groups is 7. The van der Waals surface area contributed by atoms with Gasteiger partial charge in [0.05, 0.1) is 74.9 Å². The van der Waals surface area contributed by atoms with Crippen LogP contribution in [-0.4, -0.2) is 154 Å². The topological polar surface area (TPSA) is 285 Å². The molecule has 7 N–H and O–H groups in total. The molecule has 21 nitrogen and oxygen atoms in total. The third-order valence-electron chi connectivity index (χ3n) is 15.0. The number of nitrogens with two attached hydrogens (primary N) is 1. The first kappa shape index (κ1) is 67.6. The van der Waals surface area contributed by atoms with Crippen LogP contribution in [0.3, 0.4) is 0 Å². The molecule has 2 fully saturated rings. The third kappa shape index (κ3) is 19.4. The molecule has 25 heteroatoms. The number of methoxy groups -OCH3 is 2. The zero-order chi connectivity index (χ0) is 61.3. The number of hydrogen-bond acceptors (Lipinski definition) is 16. The second-order valence-corrected chi connectivity index (χ2v) is 22.6. The van der Waals surface area contributed by atoms with Crippen molar-refractivity contribution >= 4 is 81.7 Å². The summed E-state index contributed by atoms with van der Waals surface area (Å²) >= 11 is 12.3. The van der Waals surface area contributed by atoms with Crippen LogP contribution in [0, 0.1) is 29.4 Å². The molecule has 458 valence electrons. The molecular formula is C58H79ClF2N6O15S. The minimum atomic E-state index is -1.70. The first-order valence-corrected chi connectivity index (χ1v) is 28.3. The highest BCUT2D eigenvalue weighted by molar-refractivity contribution is 7.80. The maximum atomic E-state index is 16.1. The maximum absolute atomic E-state index is 16.1. The predicted octanol–water partition coefficient (Wildman–Crippen LogP) is 6.54. The van der Waals surface area contributed by atoms with E-state index in [0.717, 1.165) is 11.6 Å². The molecule has 2 saturated heterocycles. The standard InChI is InChI=1S/C58H79ClF2N6O15S/c1-32(2)38(27-49(83)63-17-19-79-21-20-78-18-15-34(4)68)54(72)65-41(13-11-16-64-55(62)73)44(69)26-37-25-40(61)42(28-39(37)60)66-56(74)81-48-29-50(70)67(7)43-23-36(24-45(76-8)52(43)59)22-33(3)12-10-14-47(77-9)58(75)30-46(80-51(71)31-58)35(5)53-57(48,6)82-53/h10,12,14,23-25,28,32,35,38,41,46-48,53,75H,11,13,15-22,26-27,29-31H2,1-9H3,(H,63,83)(H,65,72)(H,66,74)(H3,62,64,73)/b14-10+,33-12+/t35-,38+,41+,46+,47-,48+,53+,57+,58-/m1/s1. The Morgan fingerprint density at radius 1 is 1.01 bits per heavy atom. The zero-order valence-electron chi connectivity index (χ0n) is 48.5. The number of rotatable bonds is 25. The lowest BCUT2D eigenvalue weighted by atomic mass is 9.78. The van der Waals surface area contributed by atoms with Crippen LogP contribution in [-0.2, 0) is 65.2 Å². The van der Waals surface area contributed by atoms with Gasteiger partial charge in [-0.25, -0.2) is 18.4 Å². The van der Waals surface area contributed by atoms with Gasteiger partial charge in [-0.15, -0.1) is 0 Å². The van der Waals surface area contributed by atoms with E-state index >= 15 is 8.78 Å². The van der Waals surface area contributed by atoms with Crippen molar-refractivity contribution in [3.05, 3.63) is 75.9 Å². The van der Waals surface area contributed by atoms with Gasteiger partial charge in [0, 0.05) is 70.8 Å². The summed E-state index contributed by atoms with van der Waals surface area (Å²) in [4.78, 5) is 93.4. The fourth-order valence-corrected chi connectivity index (χ4v) is 10.7. The Hall–Kier alpha value is -6.15. The lowest BCUT2D eigenvalue weighted by Crippen LogP contribution is -2.53. The summed E-state index contributed by atoms with van der Waals surface area (Å²) in [5, 5.41) is 22.5. The normalized spacial score (nSPS) is 24.4. The molecule has 9 atom stereocenters. The number of aliphatic hydroxyl groups is 1. The van der Waals surface area contributed by atoms with Gasteiger partial charge in [-0.05, 0) is 75.3 Å². The van der Waals surface area contributed by atoms with Gasteiger partial charge in [0.25, 0.3) is 0 Å². The summed E-state index contributed by atoms with van der Waals surface area (Å²) in [5.41, 5.74) is 2.83. The van der Waals surface area contributed by atoms with Crippen LogP contribution in [0.5, 0.6) is 5.75 Å². The lowest BCUT2D eigenvalue weighted by Gasteiger charge is -2.41. The number of allylic oxidation sites excluding steroid dienone is 3. The van der Waals surface area contributed by atoms with Gasteiger partial charge in [-0.3, -0.25) is 29.3 Å². The molecular weight excluding hydrogens is 1130 g/mol. The van der Waals surface area contributed by atoms with Crippen LogP contribution in [0.15, 0.2) is 48.1 Å². The molecule has 0 spiro atoms. The van der Waals surface area contributed by atoms with Crippen LogP contribution in [0.1, 0.15) is 97.6 Å². The number of Topliss-reactive ketones (excluding diaryl/α,β-unsaturated/α-hetero) is 2. The molecule has 2 aromatic carbocycles. The van der Waals surface area contributed by atoms with Crippen molar-refractivity contribution in [1.29, 1.82) is 0 Å². The summed E-state index contributed by atoms with van der Waals surface area (Å²) in [5.74, 6) is -6.11. The van der Waals surface area contributed by atoms with Crippen LogP contribution in [0.25, 0.3) is 0 Å². The Kier molecular flexibility index (Phi) is 25.4. The minimum absolute atomic E-state index is 0.0176. The van der Waals surface area contributed by atoms with Crippen LogP contribution >= 0.6 is 23.8 Å². The number of urea groups is 1. The summed E-state index contributed by atoms with van der Waals surface area (Å²) in [6.07, 6.45) is -0.988. The van der Waals surface area contributed by atoms with Crippen molar-refractivity contribution in [1.82, 2.24) is 16.0 Å². The maximum Gasteiger partial charge on any atom is 0.412 e. The molecule has 0 aliphatic carbocycles. The first-order chi connectivity index (χ1) is 39.2. The van der Waals surface area contributed by atoms with Crippen molar-refractivity contribution < 1.29 is 80.6 Å². The van der Waals surface area contributed by atoms with E-state index < -0.39 is 125 Å². The van der Waals surface area contributed by atoms with Crippen molar-refractivity contribution in [3.8, 4) is 5.75 Å². The largest absolute Gasteiger partial charge is 0.495 e. The minimum Gasteiger partial charge on any atom is -0.495 e. The Morgan fingerprint density at radius 3 is 2.39 bits per heavy atom. The SMILES string of the molecule is COc1cc2cc(c1Cl)N(C)C(=O)C[C@H](OC(=O)Nc1cc(F)c(CC(=O)[C@H](CCCNC(N)=O)NC(=O)[C@@H](CC(=S)NCCOCCOCCC(C)=O)C(C)C)cc1F)[C@]1(C)O[C@H]1[C@H](C)[C@@H]1C[C@@](O)(CC(=O)O1)[C@H](OC)/C=C/C=C(\C)C2. The van der Waals surface area contributed by atoms with Crippen molar-refractivity contribution in [2.24, 2.45) is 23.5 Å². The summed E-state index contributed by atoms with van der Waals surface area (Å²) < 4.78 is 72.3. The van der Waals surface area contributed by atoms with Gasteiger partial charge in [0.15, 0.2) is 5.78 Å². The van der Waals surface area contributed by atoms with E-state index in [1.54, 1.807) is 52.0 Å². The molecule has 5 rings (SSSR count). The van der Waals surface area contributed by atoms with Crippen LogP contribution in [0.2, 0.25) is 5.02 Å². The number of carbonyl (C=O) groups excluding carboxylic acids is 7.